The van der Waals surface area contributed by atoms with E-state index in [9.17, 15) is 0 Å². The molecule has 0 spiro atoms. The molecule has 0 bridgehead atoms. The topological polar surface area (TPSA) is 29.3 Å². The molecule has 4 heteroatoms. The normalized spacial score (nSPS) is 20.8. The Hall–Kier alpha value is -0.380. The molecule has 2 nitrogen and oxygen atoms in total. The van der Waals surface area contributed by atoms with Gasteiger partial charge < -0.3 is 10.6 Å². The van der Waals surface area contributed by atoms with E-state index in [4.69, 9.17) is 17.3 Å². The molecule has 0 aliphatic carbocycles. The maximum Gasteiger partial charge on any atom is 0.0642 e. The smallest absolute Gasteiger partial charge is 0.0642 e. The average Bonchev–Trinajstić information content (AvgIpc) is 2.27. The first-order valence-electron chi connectivity index (χ1n) is 6.33. The van der Waals surface area contributed by atoms with Gasteiger partial charge in [-0.15, -0.1) is 0 Å². The van der Waals surface area contributed by atoms with E-state index in [0.717, 1.165) is 35.1 Å². The Bertz CT molecular complexity index is 432. The van der Waals surface area contributed by atoms with E-state index in [1.165, 1.54) is 0 Å². The van der Waals surface area contributed by atoms with Gasteiger partial charge in [-0.25, -0.2) is 0 Å². The van der Waals surface area contributed by atoms with E-state index in [1.54, 1.807) is 0 Å². The van der Waals surface area contributed by atoms with E-state index >= 15 is 0 Å². The second kappa shape index (κ2) is 5.32. The molecule has 0 unspecified atom stereocenters. The summed E-state index contributed by atoms with van der Waals surface area (Å²) in [6.45, 7) is 8.65. The minimum Gasteiger partial charge on any atom is -0.368 e. The Morgan fingerprint density at radius 2 is 2.17 bits per heavy atom. The fourth-order valence-electron chi connectivity index (χ4n) is 2.28. The molecule has 1 aromatic rings. The summed E-state index contributed by atoms with van der Waals surface area (Å²) in [7, 11) is 0. The zero-order chi connectivity index (χ0) is 13.3. The molecule has 1 atom stereocenters. The van der Waals surface area contributed by atoms with Crippen LogP contribution in [-0.2, 0) is 0 Å². The third kappa shape index (κ3) is 3.14. The fourth-order valence-corrected chi connectivity index (χ4v) is 3.70. The quantitative estimate of drug-likeness (QED) is 0.898. The molecule has 18 heavy (non-hydrogen) atoms. The molecule has 1 aliphatic heterocycles. The number of anilines is 1. The number of benzene rings is 1. The van der Waals surface area contributed by atoms with Gasteiger partial charge in [0.05, 0.1) is 10.7 Å². The lowest BCUT2D eigenvalue weighted by molar-refractivity contribution is 0.647. The number of rotatable bonds is 2. The van der Waals surface area contributed by atoms with Gasteiger partial charge in [0.1, 0.15) is 0 Å². The highest BCUT2D eigenvalue weighted by atomic mass is 35.5. The highest BCUT2D eigenvalue weighted by Crippen LogP contribution is 2.35. The first-order chi connectivity index (χ1) is 8.39. The third-order valence-corrected chi connectivity index (χ3v) is 4.86. The fraction of sp³-hybridized carbons (Fsp3) is 0.571. The van der Waals surface area contributed by atoms with Crippen molar-refractivity contribution in [3.63, 3.8) is 0 Å². The van der Waals surface area contributed by atoms with Crippen molar-refractivity contribution < 1.29 is 0 Å². The number of nitrogens with zero attached hydrogens (tertiary/aromatic N) is 1. The number of hydrogen-bond acceptors (Lipinski definition) is 3. The summed E-state index contributed by atoms with van der Waals surface area (Å²) < 4.78 is 0.293. The maximum atomic E-state index is 6.40. The molecule has 0 radical (unpaired) electrons. The van der Waals surface area contributed by atoms with Gasteiger partial charge >= 0.3 is 0 Å². The lowest BCUT2D eigenvalue weighted by atomic mass is 10.1. The van der Waals surface area contributed by atoms with Crippen LogP contribution >= 0.6 is 23.4 Å². The van der Waals surface area contributed by atoms with Crippen LogP contribution in [0.1, 0.15) is 32.4 Å². The van der Waals surface area contributed by atoms with Gasteiger partial charge in [0, 0.05) is 29.6 Å². The number of thioether (sulfide) groups is 1. The molecule has 2 rings (SSSR count). The van der Waals surface area contributed by atoms with Crippen LogP contribution in [0.3, 0.4) is 0 Å². The van der Waals surface area contributed by atoms with E-state index in [0.29, 0.717) is 4.75 Å². The second-order valence-electron chi connectivity index (χ2n) is 5.53. The van der Waals surface area contributed by atoms with E-state index in [-0.39, 0.29) is 6.04 Å². The zero-order valence-electron chi connectivity index (χ0n) is 11.2. The molecule has 1 aromatic carbocycles. The summed E-state index contributed by atoms with van der Waals surface area (Å²) in [6.07, 6.45) is 0. The summed E-state index contributed by atoms with van der Waals surface area (Å²) in [5.41, 5.74) is 8.10. The van der Waals surface area contributed by atoms with Gasteiger partial charge in [-0.3, -0.25) is 0 Å². The Kier molecular flexibility index (Phi) is 4.15. The number of hydrogen-bond donors (Lipinski definition) is 1. The number of halogens is 1. The molecular formula is C14H21ClN2S. The van der Waals surface area contributed by atoms with E-state index in [1.807, 2.05) is 24.8 Å². The van der Waals surface area contributed by atoms with Crippen LogP contribution < -0.4 is 10.6 Å². The van der Waals surface area contributed by atoms with Crippen LogP contribution in [0.2, 0.25) is 5.02 Å². The Labute approximate surface area is 119 Å². The van der Waals surface area contributed by atoms with E-state index < -0.39 is 0 Å². The molecule has 0 amide bonds. The van der Waals surface area contributed by atoms with E-state index in [2.05, 4.69) is 30.9 Å². The summed E-state index contributed by atoms with van der Waals surface area (Å²) in [5.74, 6) is 1.15. The highest BCUT2D eigenvalue weighted by molar-refractivity contribution is 8.00. The molecule has 1 aliphatic rings. The van der Waals surface area contributed by atoms with Crippen LogP contribution in [0.25, 0.3) is 0 Å². The highest BCUT2D eigenvalue weighted by Gasteiger charge is 2.28. The molecule has 100 valence electrons. The predicted octanol–water partition coefficient (Wildman–Crippen LogP) is 3.69. The second-order valence-corrected chi connectivity index (χ2v) is 7.74. The molecule has 1 heterocycles. The first-order valence-corrected chi connectivity index (χ1v) is 7.69. The maximum absolute atomic E-state index is 6.40. The van der Waals surface area contributed by atoms with Crippen molar-refractivity contribution in [2.45, 2.75) is 31.6 Å². The van der Waals surface area contributed by atoms with Crippen LogP contribution in [-0.4, -0.2) is 23.6 Å². The standard InChI is InChI=1S/C14H21ClN2S/c1-10(16)11-4-5-13(12(15)8-11)17-6-7-18-14(2,3)9-17/h4-5,8,10H,6-7,9,16H2,1-3H3/t10-/m1/s1. The van der Waals surface area contributed by atoms with Crippen LogP contribution in [0.4, 0.5) is 5.69 Å². The zero-order valence-corrected chi connectivity index (χ0v) is 12.8. The van der Waals surface area contributed by atoms with Crippen LogP contribution in [0.5, 0.6) is 0 Å². The molecule has 1 saturated heterocycles. The Balaban J connectivity index is 2.23. The average molecular weight is 285 g/mol. The van der Waals surface area contributed by atoms with Crippen molar-refractivity contribution in [2.75, 3.05) is 23.7 Å². The van der Waals surface area contributed by atoms with Crippen LogP contribution in [0, 0.1) is 0 Å². The van der Waals surface area contributed by atoms with Gasteiger partial charge in [0.15, 0.2) is 0 Å². The van der Waals surface area contributed by atoms with Crippen molar-refractivity contribution in [3.8, 4) is 0 Å². The van der Waals surface area contributed by atoms with Crippen molar-refractivity contribution >= 4 is 29.1 Å². The van der Waals surface area contributed by atoms with Gasteiger partial charge in [0.2, 0.25) is 0 Å². The van der Waals surface area contributed by atoms with Crippen LogP contribution in [0.15, 0.2) is 18.2 Å². The SMILES string of the molecule is C[C@@H](N)c1ccc(N2CCSC(C)(C)C2)c(Cl)c1. The molecule has 0 saturated carbocycles. The van der Waals surface area contributed by atoms with Crippen molar-refractivity contribution in [1.82, 2.24) is 0 Å². The minimum absolute atomic E-state index is 0.0323. The van der Waals surface area contributed by atoms with Crippen molar-refractivity contribution in [3.05, 3.63) is 28.8 Å². The number of nitrogens with two attached hydrogens (primary N) is 1. The predicted molar refractivity (Wildman–Crippen MR) is 82.8 cm³/mol. The first kappa shape index (κ1) is 14.0. The van der Waals surface area contributed by atoms with Crippen molar-refractivity contribution in [1.29, 1.82) is 0 Å². The molecular weight excluding hydrogens is 264 g/mol. The third-order valence-electron chi connectivity index (χ3n) is 3.26. The largest absolute Gasteiger partial charge is 0.368 e. The van der Waals surface area contributed by atoms with Gasteiger partial charge in [0.25, 0.3) is 0 Å². The van der Waals surface area contributed by atoms with Gasteiger partial charge in [-0.1, -0.05) is 17.7 Å². The lowest BCUT2D eigenvalue weighted by Gasteiger charge is -2.39. The summed E-state index contributed by atoms with van der Waals surface area (Å²) in [4.78, 5) is 2.38. The monoisotopic (exact) mass is 284 g/mol. The Morgan fingerprint density at radius 1 is 1.44 bits per heavy atom. The molecule has 0 aromatic heterocycles. The Morgan fingerprint density at radius 3 is 2.72 bits per heavy atom. The summed E-state index contributed by atoms with van der Waals surface area (Å²) >= 11 is 8.42. The van der Waals surface area contributed by atoms with Crippen molar-refractivity contribution in [2.24, 2.45) is 5.73 Å². The lowest BCUT2D eigenvalue weighted by Crippen LogP contribution is -2.43. The van der Waals surface area contributed by atoms with Gasteiger partial charge in [-0.05, 0) is 38.5 Å². The molecule has 2 N–H and O–H groups in total. The van der Waals surface area contributed by atoms with Gasteiger partial charge in [-0.2, -0.15) is 11.8 Å². The minimum atomic E-state index is 0.0323. The molecule has 1 fully saturated rings. The summed E-state index contributed by atoms with van der Waals surface area (Å²) in [5, 5.41) is 0.813. The summed E-state index contributed by atoms with van der Waals surface area (Å²) in [6, 6.07) is 6.22.